The number of rotatable bonds is 18. The monoisotopic (exact) mass is 924 g/mol. The van der Waals surface area contributed by atoms with Crippen LogP contribution >= 0.6 is 22.9 Å². The van der Waals surface area contributed by atoms with Gasteiger partial charge in [-0.05, 0) is 85.5 Å². The molecule has 2 aliphatic rings. The summed E-state index contributed by atoms with van der Waals surface area (Å²) in [5, 5.41) is 18.6. The lowest BCUT2D eigenvalue weighted by atomic mass is 9.49. The number of hydrogen-bond acceptors (Lipinski definition) is 10. The number of aryl methyl sites for hydroxylation is 1. The second kappa shape index (κ2) is 20.8. The molecule has 4 aromatic rings. The Balaban J connectivity index is 0.885. The zero-order chi connectivity index (χ0) is 47.1. The van der Waals surface area contributed by atoms with E-state index >= 15 is 0 Å². The van der Waals surface area contributed by atoms with E-state index in [-0.39, 0.29) is 47.3 Å². The van der Waals surface area contributed by atoms with Crippen molar-refractivity contribution in [3.8, 4) is 28.0 Å². The minimum absolute atomic E-state index is 0.170. The van der Waals surface area contributed by atoms with Crippen molar-refractivity contribution in [1.29, 1.82) is 5.26 Å². The Bertz CT molecular complexity index is 2350. The van der Waals surface area contributed by atoms with Crippen LogP contribution in [0.4, 0.5) is 0 Å². The van der Waals surface area contributed by atoms with Crippen LogP contribution in [0.3, 0.4) is 0 Å². The van der Waals surface area contributed by atoms with Crippen molar-refractivity contribution in [2.24, 2.45) is 16.2 Å². The van der Waals surface area contributed by atoms with Gasteiger partial charge >= 0.3 is 0 Å². The van der Waals surface area contributed by atoms with Crippen LogP contribution in [-0.2, 0) is 25.7 Å². The van der Waals surface area contributed by atoms with Crippen molar-refractivity contribution in [3.05, 3.63) is 99.6 Å². The van der Waals surface area contributed by atoms with Gasteiger partial charge in [0.15, 0.2) is 0 Å². The van der Waals surface area contributed by atoms with Gasteiger partial charge in [0.1, 0.15) is 42.4 Å². The number of ether oxygens (including phenoxy) is 3. The number of carbonyl (C=O) groups is 4. The number of benzene rings is 3. The largest absolute Gasteiger partial charge is 0.494 e. The summed E-state index contributed by atoms with van der Waals surface area (Å²) in [7, 11) is 0. The Morgan fingerprint density at radius 2 is 1.65 bits per heavy atom. The van der Waals surface area contributed by atoms with Crippen LogP contribution in [0.5, 0.6) is 11.5 Å². The predicted molar refractivity (Wildman–Crippen MR) is 252 cm³/mol. The molecule has 1 saturated heterocycles. The van der Waals surface area contributed by atoms with E-state index in [1.165, 1.54) is 0 Å². The molecule has 3 N–H and O–H groups in total. The molecule has 346 valence electrons. The molecule has 13 nitrogen and oxygen atoms in total. The summed E-state index contributed by atoms with van der Waals surface area (Å²) >= 11 is 7.83. The average molecular weight is 926 g/mol. The number of nitrogens with one attached hydrogen (secondary N) is 3. The topological polar surface area (TPSA) is 172 Å². The number of hydrogen-bond donors (Lipinski definition) is 3. The number of aromatic nitrogens is 1. The number of thiazole rings is 1. The lowest BCUT2D eigenvalue weighted by Crippen LogP contribution is -2.74. The van der Waals surface area contributed by atoms with Gasteiger partial charge in [-0.1, -0.05) is 84.3 Å². The van der Waals surface area contributed by atoms with Gasteiger partial charge < -0.3 is 35.1 Å². The SMILES string of the molecule is Cc1ncsc1-c1ccc(CNC(=O)[C@@H]2CCCN2C(=O)[C@@H](NC(=O)COCCCCOc2ccc(C(=O)N[C@H]3C(C)(C)[C@H](Oc4ccc(C#N)c(Cl)c4)C3(C)C)cc2)C(C)(C)C)cc1. The van der Waals surface area contributed by atoms with Gasteiger partial charge in [0.05, 0.1) is 33.3 Å². The number of halogens is 1. The molecule has 0 bridgehead atoms. The van der Waals surface area contributed by atoms with Gasteiger partial charge in [0, 0.05) is 48.2 Å². The number of likely N-dealkylation sites (tertiary alicyclic amines) is 1. The van der Waals surface area contributed by atoms with Crippen LogP contribution in [0.15, 0.2) is 72.2 Å². The number of amides is 4. The van der Waals surface area contributed by atoms with E-state index in [2.05, 4.69) is 54.7 Å². The van der Waals surface area contributed by atoms with E-state index in [1.807, 2.05) is 57.5 Å². The van der Waals surface area contributed by atoms with Gasteiger partial charge in [0.2, 0.25) is 17.7 Å². The van der Waals surface area contributed by atoms with Gasteiger partial charge in [0.25, 0.3) is 5.91 Å². The maximum Gasteiger partial charge on any atom is 0.251 e. The van der Waals surface area contributed by atoms with Crippen molar-refractivity contribution < 1.29 is 33.4 Å². The van der Waals surface area contributed by atoms with Gasteiger partial charge in [-0.3, -0.25) is 19.2 Å². The second-order valence-corrected chi connectivity index (χ2v) is 20.4. The maximum atomic E-state index is 13.9. The lowest BCUT2D eigenvalue weighted by Gasteiger charge is -2.63. The minimum Gasteiger partial charge on any atom is -0.494 e. The third-order valence-electron chi connectivity index (χ3n) is 12.4. The molecule has 1 saturated carbocycles. The number of nitriles is 1. The van der Waals surface area contributed by atoms with Crippen LogP contribution < -0.4 is 25.4 Å². The zero-order valence-corrected chi connectivity index (χ0v) is 40.2. The fourth-order valence-corrected chi connectivity index (χ4v) is 10.2. The molecular weight excluding hydrogens is 864 g/mol. The van der Waals surface area contributed by atoms with Crippen LogP contribution in [0.1, 0.15) is 101 Å². The van der Waals surface area contributed by atoms with Crippen LogP contribution in [0, 0.1) is 34.5 Å². The van der Waals surface area contributed by atoms with Gasteiger partial charge in [-0.2, -0.15) is 5.26 Å². The molecule has 1 aromatic heterocycles. The summed E-state index contributed by atoms with van der Waals surface area (Å²) in [5.74, 6) is 0.117. The van der Waals surface area contributed by atoms with Crippen molar-refractivity contribution in [1.82, 2.24) is 25.8 Å². The Morgan fingerprint density at radius 3 is 2.28 bits per heavy atom. The summed E-state index contributed by atoms with van der Waals surface area (Å²) in [5.41, 5.74) is 4.36. The third-order valence-corrected chi connectivity index (χ3v) is 13.7. The third kappa shape index (κ3) is 11.7. The van der Waals surface area contributed by atoms with Crippen LogP contribution in [-0.4, -0.2) is 84.1 Å². The highest BCUT2D eigenvalue weighted by Crippen LogP contribution is 2.55. The Kier molecular flexibility index (Phi) is 15.6. The Hall–Kier alpha value is -5.49. The van der Waals surface area contributed by atoms with Crippen molar-refractivity contribution in [2.75, 3.05) is 26.4 Å². The zero-order valence-electron chi connectivity index (χ0n) is 38.6. The quantitative estimate of drug-likeness (QED) is 0.0831. The van der Waals surface area contributed by atoms with Crippen molar-refractivity contribution >= 4 is 46.6 Å². The standard InChI is InChI=1S/C50H61ClN6O7S/c1-31-41(65-30-54-31)33-15-13-32(14-16-33)28-53-44(60)39-12-11-23-57(39)45(61)42(48(2,3)4)55-40(58)29-62-24-9-10-25-63-36-20-17-34(18-21-36)43(59)56-46-49(5,6)47(50(46,7)8)64-37-22-19-35(27-52)38(51)26-37/h13-22,26,30,39,42,46-47H,9-12,23-25,28-29H2,1-8H3,(H,53,60)(H,55,58)(H,56,59)/t39-,42+,46-,47-/m0/s1. The predicted octanol–water partition coefficient (Wildman–Crippen LogP) is 8.27. The van der Waals surface area contributed by atoms with E-state index in [0.29, 0.717) is 79.6 Å². The molecule has 2 heterocycles. The van der Waals surface area contributed by atoms with Crippen molar-refractivity contribution in [2.45, 2.75) is 112 Å². The van der Waals surface area contributed by atoms with Gasteiger partial charge in [-0.25, -0.2) is 4.98 Å². The van der Waals surface area contributed by atoms with E-state index in [9.17, 15) is 24.4 Å². The van der Waals surface area contributed by atoms with Gasteiger partial charge in [-0.15, -0.1) is 11.3 Å². The molecule has 0 unspecified atom stereocenters. The maximum absolute atomic E-state index is 13.9. The molecule has 65 heavy (non-hydrogen) atoms. The molecule has 4 amide bonds. The highest BCUT2D eigenvalue weighted by molar-refractivity contribution is 7.13. The molecule has 3 aromatic carbocycles. The first-order chi connectivity index (χ1) is 30.8. The summed E-state index contributed by atoms with van der Waals surface area (Å²) in [6.07, 6.45) is 2.36. The first-order valence-electron chi connectivity index (χ1n) is 22.2. The second-order valence-electron chi connectivity index (χ2n) is 19.2. The summed E-state index contributed by atoms with van der Waals surface area (Å²) in [6.45, 7) is 17.2. The van der Waals surface area contributed by atoms with E-state index in [4.69, 9.17) is 25.8 Å². The summed E-state index contributed by atoms with van der Waals surface area (Å²) in [4.78, 5) is 60.8. The van der Waals surface area contributed by atoms with E-state index in [1.54, 1.807) is 58.7 Å². The Labute approximate surface area is 391 Å². The Morgan fingerprint density at radius 1 is 0.969 bits per heavy atom. The van der Waals surface area contributed by atoms with E-state index < -0.39 is 23.4 Å². The first-order valence-corrected chi connectivity index (χ1v) is 23.4. The molecule has 2 fully saturated rings. The molecule has 15 heteroatoms. The highest BCUT2D eigenvalue weighted by atomic mass is 35.5. The molecule has 1 aliphatic carbocycles. The number of nitrogens with zero attached hydrogens (tertiary/aromatic N) is 3. The lowest BCUT2D eigenvalue weighted by molar-refractivity contribution is -0.164. The smallest absolute Gasteiger partial charge is 0.251 e. The average Bonchev–Trinajstić information content (AvgIpc) is 3.94. The summed E-state index contributed by atoms with van der Waals surface area (Å²) in [6, 6.07) is 20.5. The highest BCUT2D eigenvalue weighted by Gasteiger charge is 2.64. The fourth-order valence-electron chi connectivity index (χ4n) is 9.15. The van der Waals surface area contributed by atoms with Crippen molar-refractivity contribution in [3.63, 3.8) is 0 Å². The first kappa shape index (κ1) is 49.0. The minimum atomic E-state index is -0.842. The fraction of sp³-hybridized carbons (Fsp3) is 0.480. The molecule has 1 aliphatic heterocycles. The molecule has 2 atom stereocenters. The molecule has 6 rings (SSSR count). The molecule has 0 spiro atoms. The van der Waals surface area contributed by atoms with Crippen LogP contribution in [0.2, 0.25) is 5.02 Å². The molecule has 0 radical (unpaired) electrons. The number of carbonyl (C=O) groups excluding carboxylic acids is 4. The van der Waals surface area contributed by atoms with E-state index in [0.717, 1.165) is 21.7 Å². The van der Waals surface area contributed by atoms with Crippen LogP contribution in [0.25, 0.3) is 10.4 Å². The normalized spacial score (nSPS) is 19.0. The summed E-state index contributed by atoms with van der Waals surface area (Å²) < 4.78 is 17.9. The molecular formula is C50H61ClN6O7S. The number of unbranched alkanes of at least 4 members (excludes halogenated alkanes) is 1.